The van der Waals surface area contributed by atoms with Crippen molar-refractivity contribution in [2.24, 2.45) is 0 Å². The van der Waals surface area contributed by atoms with Crippen LogP contribution in [-0.2, 0) is 0 Å². The molecule has 0 unspecified atom stereocenters. The summed E-state index contributed by atoms with van der Waals surface area (Å²) in [6.45, 7) is 1.12. The summed E-state index contributed by atoms with van der Waals surface area (Å²) in [6.07, 6.45) is 1.86. The number of ether oxygens (including phenoxy) is 2. The largest absolute Gasteiger partial charge is 0.486 e. The molecule has 1 aromatic carbocycles. The fraction of sp³-hybridized carbons (Fsp3) is 0.267. The third-order valence-corrected chi connectivity index (χ3v) is 3.18. The van der Waals surface area contributed by atoms with Crippen molar-refractivity contribution in [3.63, 3.8) is 0 Å². The number of hydrogen-bond acceptors (Lipinski definition) is 3. The fourth-order valence-corrected chi connectivity index (χ4v) is 2.19. The topological polar surface area (TPSA) is 43.7 Å². The Hall–Kier alpha value is -2.43. The summed E-state index contributed by atoms with van der Waals surface area (Å²) in [4.78, 5) is 13.7. The summed E-state index contributed by atoms with van der Waals surface area (Å²) in [7, 11) is 3.48. The zero-order valence-corrected chi connectivity index (χ0v) is 11.5. The van der Waals surface area contributed by atoms with Crippen molar-refractivity contribution >= 4 is 5.91 Å². The number of nitrogens with zero attached hydrogens (tertiary/aromatic N) is 2. The van der Waals surface area contributed by atoms with Gasteiger partial charge in [0, 0.05) is 32.0 Å². The Balaban J connectivity index is 2.02. The number of carbonyl (C=O) groups is 1. The summed E-state index contributed by atoms with van der Waals surface area (Å²) in [5, 5.41) is 0. The summed E-state index contributed by atoms with van der Waals surface area (Å²) in [5.41, 5.74) is 1.50. The smallest absolute Gasteiger partial charge is 0.270 e. The van der Waals surface area contributed by atoms with E-state index >= 15 is 0 Å². The van der Waals surface area contributed by atoms with Gasteiger partial charge in [0.2, 0.25) is 0 Å². The lowest BCUT2D eigenvalue weighted by Crippen LogP contribution is -2.24. The van der Waals surface area contributed by atoms with E-state index in [-0.39, 0.29) is 5.91 Å². The van der Waals surface area contributed by atoms with E-state index in [9.17, 15) is 4.79 Å². The van der Waals surface area contributed by atoms with Gasteiger partial charge in [0.25, 0.3) is 5.91 Å². The van der Waals surface area contributed by atoms with Gasteiger partial charge in [-0.05, 0) is 24.3 Å². The van der Waals surface area contributed by atoms with Crippen LogP contribution in [0.4, 0.5) is 0 Å². The van der Waals surface area contributed by atoms with Crippen LogP contribution in [0.2, 0.25) is 0 Å². The van der Waals surface area contributed by atoms with E-state index in [1.807, 2.05) is 35.0 Å². The monoisotopic (exact) mass is 272 g/mol. The van der Waals surface area contributed by atoms with E-state index in [4.69, 9.17) is 9.47 Å². The van der Waals surface area contributed by atoms with Crippen LogP contribution in [0.3, 0.4) is 0 Å². The molecular formula is C15H16N2O3. The SMILES string of the molecule is CN(C)C(=O)c1cccn1-c1ccc2c(c1)OCCO2. The maximum atomic E-state index is 12.1. The van der Waals surface area contributed by atoms with Crippen LogP contribution in [-0.4, -0.2) is 42.7 Å². The first-order valence-electron chi connectivity index (χ1n) is 6.46. The zero-order valence-electron chi connectivity index (χ0n) is 11.5. The Morgan fingerprint density at radius 3 is 2.65 bits per heavy atom. The predicted octanol–water partition coefficient (Wildman–Crippen LogP) is 1.95. The van der Waals surface area contributed by atoms with E-state index < -0.39 is 0 Å². The molecule has 0 saturated heterocycles. The zero-order chi connectivity index (χ0) is 14.1. The third kappa shape index (κ3) is 2.11. The first kappa shape index (κ1) is 12.6. The number of rotatable bonds is 2. The van der Waals surface area contributed by atoms with Gasteiger partial charge in [-0.25, -0.2) is 0 Å². The van der Waals surface area contributed by atoms with E-state index in [1.54, 1.807) is 25.1 Å². The van der Waals surface area contributed by atoms with Crippen LogP contribution >= 0.6 is 0 Å². The molecule has 1 amide bonds. The average Bonchev–Trinajstić information content (AvgIpc) is 2.95. The molecule has 5 heteroatoms. The minimum Gasteiger partial charge on any atom is -0.486 e. The number of amides is 1. The van der Waals surface area contributed by atoms with Gasteiger partial charge in [-0.15, -0.1) is 0 Å². The van der Waals surface area contributed by atoms with Crippen molar-refractivity contribution in [1.82, 2.24) is 9.47 Å². The Kier molecular flexibility index (Phi) is 3.10. The van der Waals surface area contributed by atoms with E-state index in [0.717, 1.165) is 11.4 Å². The first-order valence-corrected chi connectivity index (χ1v) is 6.46. The van der Waals surface area contributed by atoms with Crippen molar-refractivity contribution in [1.29, 1.82) is 0 Å². The summed E-state index contributed by atoms with van der Waals surface area (Å²) in [6, 6.07) is 9.33. The Morgan fingerprint density at radius 1 is 1.15 bits per heavy atom. The second-order valence-corrected chi connectivity index (χ2v) is 4.79. The van der Waals surface area contributed by atoms with Crippen LogP contribution in [0.15, 0.2) is 36.5 Å². The molecule has 3 rings (SSSR count). The molecule has 1 aliphatic rings. The molecule has 1 aliphatic heterocycles. The van der Waals surface area contributed by atoms with Crippen LogP contribution in [0.25, 0.3) is 5.69 Å². The van der Waals surface area contributed by atoms with Crippen LogP contribution in [0, 0.1) is 0 Å². The lowest BCUT2D eigenvalue weighted by molar-refractivity contribution is 0.0820. The quantitative estimate of drug-likeness (QED) is 0.839. The molecule has 2 heterocycles. The minimum atomic E-state index is -0.0371. The highest BCUT2D eigenvalue weighted by molar-refractivity contribution is 5.93. The van der Waals surface area contributed by atoms with Crippen LogP contribution in [0.1, 0.15) is 10.5 Å². The average molecular weight is 272 g/mol. The second kappa shape index (κ2) is 4.92. The Morgan fingerprint density at radius 2 is 1.90 bits per heavy atom. The summed E-state index contributed by atoms with van der Waals surface area (Å²) >= 11 is 0. The third-order valence-electron chi connectivity index (χ3n) is 3.18. The molecule has 0 spiro atoms. The Bertz CT molecular complexity index is 646. The van der Waals surface area contributed by atoms with E-state index in [1.165, 1.54) is 0 Å². The van der Waals surface area contributed by atoms with Gasteiger partial charge in [-0.2, -0.15) is 0 Å². The summed E-state index contributed by atoms with van der Waals surface area (Å²) in [5.74, 6) is 1.42. The molecule has 0 bridgehead atoms. The number of hydrogen-bond donors (Lipinski definition) is 0. The van der Waals surface area contributed by atoms with Crippen LogP contribution < -0.4 is 9.47 Å². The number of fused-ring (bicyclic) bond motifs is 1. The van der Waals surface area contributed by atoms with Gasteiger partial charge in [0.05, 0.1) is 0 Å². The Labute approximate surface area is 117 Å². The molecule has 0 atom stereocenters. The highest BCUT2D eigenvalue weighted by Crippen LogP contribution is 2.32. The molecule has 0 radical (unpaired) electrons. The molecule has 2 aromatic rings. The second-order valence-electron chi connectivity index (χ2n) is 4.79. The van der Waals surface area contributed by atoms with Gasteiger partial charge in [0.15, 0.2) is 11.5 Å². The molecule has 0 fully saturated rings. The first-order chi connectivity index (χ1) is 9.66. The van der Waals surface area contributed by atoms with Gasteiger partial charge in [0.1, 0.15) is 18.9 Å². The number of carbonyl (C=O) groups excluding carboxylic acids is 1. The summed E-state index contributed by atoms with van der Waals surface area (Å²) < 4.78 is 12.9. The van der Waals surface area contributed by atoms with E-state index in [0.29, 0.717) is 24.7 Å². The lowest BCUT2D eigenvalue weighted by Gasteiger charge is -2.20. The molecule has 20 heavy (non-hydrogen) atoms. The van der Waals surface area contributed by atoms with Gasteiger partial charge >= 0.3 is 0 Å². The molecule has 0 aliphatic carbocycles. The van der Waals surface area contributed by atoms with Crippen molar-refractivity contribution in [3.05, 3.63) is 42.2 Å². The molecule has 5 nitrogen and oxygen atoms in total. The van der Waals surface area contributed by atoms with Crippen molar-refractivity contribution in [2.75, 3.05) is 27.3 Å². The fourth-order valence-electron chi connectivity index (χ4n) is 2.19. The van der Waals surface area contributed by atoms with Gasteiger partial charge in [-0.3, -0.25) is 4.79 Å². The number of benzene rings is 1. The lowest BCUT2D eigenvalue weighted by atomic mass is 10.2. The molecule has 0 N–H and O–H groups in total. The van der Waals surface area contributed by atoms with Crippen molar-refractivity contribution < 1.29 is 14.3 Å². The van der Waals surface area contributed by atoms with Crippen molar-refractivity contribution in [2.45, 2.75) is 0 Å². The molecule has 1 aromatic heterocycles. The van der Waals surface area contributed by atoms with Crippen molar-refractivity contribution in [3.8, 4) is 17.2 Å². The maximum Gasteiger partial charge on any atom is 0.270 e. The highest BCUT2D eigenvalue weighted by Gasteiger charge is 2.16. The van der Waals surface area contributed by atoms with Gasteiger partial charge in [-0.1, -0.05) is 0 Å². The standard InChI is InChI=1S/C15H16N2O3/c1-16(2)15(18)12-4-3-7-17(12)11-5-6-13-14(10-11)20-9-8-19-13/h3-7,10H,8-9H2,1-2H3. The normalized spacial score (nSPS) is 13.1. The van der Waals surface area contributed by atoms with Crippen LogP contribution in [0.5, 0.6) is 11.5 Å². The highest BCUT2D eigenvalue weighted by atomic mass is 16.6. The predicted molar refractivity (Wildman–Crippen MR) is 74.8 cm³/mol. The molecule has 104 valence electrons. The number of aromatic nitrogens is 1. The molecular weight excluding hydrogens is 256 g/mol. The van der Waals surface area contributed by atoms with Gasteiger partial charge < -0.3 is 18.9 Å². The molecule has 0 saturated carbocycles. The minimum absolute atomic E-state index is 0.0371. The maximum absolute atomic E-state index is 12.1. The van der Waals surface area contributed by atoms with E-state index in [2.05, 4.69) is 0 Å².